The molecule has 6 heteroatoms. The summed E-state index contributed by atoms with van der Waals surface area (Å²) in [4.78, 5) is 0. The van der Waals surface area contributed by atoms with Crippen molar-refractivity contribution in [2.75, 3.05) is 6.61 Å². The van der Waals surface area contributed by atoms with Crippen molar-refractivity contribution >= 4 is 7.60 Å². The molecule has 0 aromatic heterocycles. The van der Waals surface area contributed by atoms with E-state index in [-0.39, 0.29) is 25.2 Å². The topological polar surface area (TPSA) is 76.0 Å². The maximum absolute atomic E-state index is 12.2. The molecule has 0 heterocycles. The van der Waals surface area contributed by atoms with Crippen molar-refractivity contribution in [1.82, 2.24) is 0 Å². The molecule has 0 bridgehead atoms. The fourth-order valence-corrected chi connectivity index (χ4v) is 3.22. The van der Waals surface area contributed by atoms with Crippen molar-refractivity contribution < 1.29 is 23.8 Å². The van der Waals surface area contributed by atoms with Gasteiger partial charge in [0.05, 0.1) is 12.2 Å². The van der Waals surface area contributed by atoms with Gasteiger partial charge in [-0.2, -0.15) is 0 Å². The summed E-state index contributed by atoms with van der Waals surface area (Å²) in [6.45, 7) is -0.215. The molecular formula is C9H17O5P. The van der Waals surface area contributed by atoms with Gasteiger partial charge < -0.3 is 19.3 Å². The van der Waals surface area contributed by atoms with Gasteiger partial charge in [-0.1, -0.05) is 0 Å². The first-order chi connectivity index (χ1) is 7.14. The molecule has 2 saturated carbocycles. The van der Waals surface area contributed by atoms with Gasteiger partial charge in [0, 0.05) is 13.0 Å². The smallest absolute Gasteiger partial charge is 0.359 e. The first kappa shape index (κ1) is 11.6. The lowest BCUT2D eigenvalue weighted by Crippen LogP contribution is -2.15. The summed E-state index contributed by atoms with van der Waals surface area (Å²) in [5.41, 5.74) is 0. The average molecular weight is 236 g/mol. The predicted octanol–water partition coefficient (Wildman–Crippen LogP) is 1.24. The minimum absolute atomic E-state index is 0.0251. The summed E-state index contributed by atoms with van der Waals surface area (Å²) in [6.07, 6.45) is 3.50. The normalized spacial score (nSPS) is 24.1. The molecule has 0 aromatic carbocycles. The van der Waals surface area contributed by atoms with Gasteiger partial charge in [0.1, 0.15) is 0 Å². The van der Waals surface area contributed by atoms with Crippen LogP contribution in [0.2, 0.25) is 0 Å². The largest absolute Gasteiger partial charge is 0.396 e. The Bertz CT molecular complexity index is 243. The Balaban J connectivity index is 1.94. The van der Waals surface area contributed by atoms with Crippen LogP contribution < -0.4 is 0 Å². The van der Waals surface area contributed by atoms with Crippen LogP contribution in [0.3, 0.4) is 0 Å². The van der Waals surface area contributed by atoms with Crippen molar-refractivity contribution in [2.24, 2.45) is 0 Å². The molecular weight excluding hydrogens is 219 g/mol. The van der Waals surface area contributed by atoms with Gasteiger partial charge in [-0.25, -0.2) is 0 Å². The molecule has 0 amide bonds. The van der Waals surface area contributed by atoms with Crippen LogP contribution in [-0.2, 0) is 13.6 Å². The molecule has 2 rings (SSSR count). The van der Waals surface area contributed by atoms with E-state index in [1.165, 1.54) is 0 Å². The van der Waals surface area contributed by atoms with E-state index in [2.05, 4.69) is 0 Å². The molecule has 5 nitrogen and oxygen atoms in total. The number of aliphatic hydroxyl groups excluding tert-OH is 2. The van der Waals surface area contributed by atoms with E-state index >= 15 is 0 Å². The second kappa shape index (κ2) is 4.52. The Labute approximate surface area is 88.9 Å². The highest BCUT2D eigenvalue weighted by Crippen LogP contribution is 2.59. The predicted molar refractivity (Wildman–Crippen MR) is 53.5 cm³/mol. The number of hydrogen-bond acceptors (Lipinski definition) is 5. The van der Waals surface area contributed by atoms with Gasteiger partial charge in [-0.05, 0) is 25.7 Å². The molecule has 1 unspecified atom stereocenters. The first-order valence-corrected chi connectivity index (χ1v) is 7.00. The SMILES string of the molecule is O=P(OC1CC1)(OC1CC1)C(O)CCO. The second-order valence-corrected chi connectivity index (χ2v) is 6.24. The van der Waals surface area contributed by atoms with E-state index in [4.69, 9.17) is 14.2 Å². The zero-order valence-electron chi connectivity index (χ0n) is 8.54. The molecule has 0 saturated heterocycles. The fourth-order valence-electron chi connectivity index (χ4n) is 1.20. The molecule has 0 spiro atoms. The maximum Gasteiger partial charge on any atom is 0.359 e. The van der Waals surface area contributed by atoms with E-state index < -0.39 is 13.4 Å². The zero-order valence-corrected chi connectivity index (χ0v) is 9.44. The standard InChI is InChI=1S/C9H17O5P/c10-6-5-9(11)15(12,13-7-1-2-7)14-8-3-4-8/h7-11H,1-6H2. The highest BCUT2D eigenvalue weighted by Gasteiger charge is 2.44. The van der Waals surface area contributed by atoms with E-state index in [0.29, 0.717) is 0 Å². The van der Waals surface area contributed by atoms with Crippen molar-refractivity contribution in [2.45, 2.75) is 50.2 Å². The summed E-state index contributed by atoms with van der Waals surface area (Å²) < 4.78 is 22.8. The highest BCUT2D eigenvalue weighted by atomic mass is 31.2. The van der Waals surface area contributed by atoms with Crippen molar-refractivity contribution in [3.05, 3.63) is 0 Å². The molecule has 0 aliphatic heterocycles. The monoisotopic (exact) mass is 236 g/mol. The first-order valence-electron chi connectivity index (χ1n) is 5.39. The van der Waals surface area contributed by atoms with Gasteiger partial charge in [-0.15, -0.1) is 0 Å². The molecule has 2 N–H and O–H groups in total. The van der Waals surface area contributed by atoms with Crippen molar-refractivity contribution in [3.8, 4) is 0 Å². The second-order valence-electron chi connectivity index (χ2n) is 4.14. The maximum atomic E-state index is 12.2. The molecule has 2 fully saturated rings. The quantitative estimate of drug-likeness (QED) is 0.650. The van der Waals surface area contributed by atoms with Crippen LogP contribution in [0.4, 0.5) is 0 Å². The third-order valence-corrected chi connectivity index (χ3v) is 4.57. The Morgan fingerprint density at radius 3 is 2.00 bits per heavy atom. The molecule has 1 atom stereocenters. The Hall–Kier alpha value is 0.0700. The van der Waals surface area contributed by atoms with Crippen LogP contribution in [0, 0.1) is 0 Å². The third-order valence-electron chi connectivity index (χ3n) is 2.39. The minimum Gasteiger partial charge on any atom is -0.396 e. The van der Waals surface area contributed by atoms with Gasteiger partial charge >= 0.3 is 7.60 Å². The summed E-state index contributed by atoms with van der Waals surface area (Å²) in [6, 6.07) is 0. The van der Waals surface area contributed by atoms with Gasteiger partial charge in [0.2, 0.25) is 0 Å². The van der Waals surface area contributed by atoms with Crippen LogP contribution in [0.15, 0.2) is 0 Å². The van der Waals surface area contributed by atoms with Gasteiger partial charge in [-0.3, -0.25) is 4.57 Å². The van der Waals surface area contributed by atoms with Gasteiger partial charge in [0.15, 0.2) is 5.85 Å². The molecule has 15 heavy (non-hydrogen) atoms. The Morgan fingerprint density at radius 2 is 1.67 bits per heavy atom. The zero-order chi connectivity index (χ0) is 10.9. The van der Waals surface area contributed by atoms with Gasteiger partial charge in [0.25, 0.3) is 0 Å². The molecule has 0 radical (unpaired) electrons. The summed E-state index contributed by atoms with van der Waals surface area (Å²) in [7, 11) is -3.42. The van der Waals surface area contributed by atoms with Crippen LogP contribution >= 0.6 is 7.60 Å². The molecule has 88 valence electrons. The minimum atomic E-state index is -3.42. The highest BCUT2D eigenvalue weighted by molar-refractivity contribution is 7.54. The number of rotatable bonds is 7. The van der Waals surface area contributed by atoms with Crippen LogP contribution in [0.25, 0.3) is 0 Å². The summed E-state index contributed by atoms with van der Waals surface area (Å²) in [5.74, 6) is -1.19. The lowest BCUT2D eigenvalue weighted by molar-refractivity contribution is 0.115. The summed E-state index contributed by atoms with van der Waals surface area (Å²) >= 11 is 0. The lowest BCUT2D eigenvalue weighted by atomic mass is 10.5. The van der Waals surface area contributed by atoms with Crippen molar-refractivity contribution in [3.63, 3.8) is 0 Å². The molecule has 2 aliphatic carbocycles. The van der Waals surface area contributed by atoms with Crippen LogP contribution in [-0.4, -0.2) is 34.9 Å². The van der Waals surface area contributed by atoms with E-state index in [0.717, 1.165) is 25.7 Å². The number of aliphatic hydroxyl groups is 2. The van der Waals surface area contributed by atoms with Crippen molar-refractivity contribution in [1.29, 1.82) is 0 Å². The van der Waals surface area contributed by atoms with Crippen LogP contribution in [0.5, 0.6) is 0 Å². The lowest BCUT2D eigenvalue weighted by Gasteiger charge is -2.22. The molecule has 2 aliphatic rings. The van der Waals surface area contributed by atoms with E-state index in [1.54, 1.807) is 0 Å². The Morgan fingerprint density at radius 1 is 1.20 bits per heavy atom. The molecule has 0 aromatic rings. The third kappa shape index (κ3) is 3.26. The fraction of sp³-hybridized carbons (Fsp3) is 1.00. The average Bonchev–Trinajstić information content (AvgIpc) is 3.02. The summed E-state index contributed by atoms with van der Waals surface area (Å²) in [5, 5.41) is 18.4. The van der Waals surface area contributed by atoms with E-state index in [9.17, 15) is 9.67 Å². The Kier molecular flexibility index (Phi) is 3.48. The number of hydrogen-bond donors (Lipinski definition) is 2. The van der Waals surface area contributed by atoms with E-state index in [1.807, 2.05) is 0 Å². The van der Waals surface area contributed by atoms with Crippen LogP contribution in [0.1, 0.15) is 32.1 Å².